The Kier molecular flexibility index (Phi) is 8.70. The number of carbonyl (C=O) groups is 2. The SMILES string of the molecule is O=C(COC(=O)COc1ccc(OCc2ccccc2)cc1)NC(c1ccccc1)c1ccccc1. The number of rotatable bonds is 11. The Balaban J connectivity index is 1.22. The van der Waals surface area contributed by atoms with E-state index < -0.39 is 18.5 Å². The zero-order valence-corrected chi connectivity index (χ0v) is 19.7. The number of hydrogen-bond acceptors (Lipinski definition) is 5. The maximum absolute atomic E-state index is 12.5. The third-order valence-corrected chi connectivity index (χ3v) is 5.36. The number of amides is 1. The van der Waals surface area contributed by atoms with Crippen LogP contribution in [0.5, 0.6) is 11.5 Å². The van der Waals surface area contributed by atoms with Gasteiger partial charge in [-0.25, -0.2) is 4.79 Å². The molecule has 0 aliphatic heterocycles. The van der Waals surface area contributed by atoms with Gasteiger partial charge in [0.05, 0.1) is 6.04 Å². The van der Waals surface area contributed by atoms with Crippen molar-refractivity contribution in [3.8, 4) is 11.5 Å². The van der Waals surface area contributed by atoms with Crippen LogP contribution in [0.3, 0.4) is 0 Å². The van der Waals surface area contributed by atoms with Gasteiger partial charge in [0.25, 0.3) is 5.91 Å². The fourth-order valence-electron chi connectivity index (χ4n) is 3.56. The molecule has 0 aliphatic carbocycles. The van der Waals surface area contributed by atoms with Gasteiger partial charge >= 0.3 is 5.97 Å². The van der Waals surface area contributed by atoms with E-state index in [1.54, 1.807) is 24.3 Å². The first kappa shape index (κ1) is 24.5. The first-order valence-corrected chi connectivity index (χ1v) is 11.6. The largest absolute Gasteiger partial charge is 0.489 e. The van der Waals surface area contributed by atoms with Crippen LogP contribution in [0, 0.1) is 0 Å². The number of carbonyl (C=O) groups excluding carboxylic acids is 2. The molecule has 0 spiro atoms. The standard InChI is InChI=1S/C30H27NO5/c32-28(31-30(24-12-6-2-7-13-24)25-14-8-3-9-15-25)21-36-29(33)22-35-27-18-16-26(17-19-27)34-20-23-10-4-1-5-11-23/h1-19,30H,20-22H2,(H,31,32). The second-order valence-electron chi connectivity index (χ2n) is 8.02. The molecular weight excluding hydrogens is 454 g/mol. The van der Waals surface area contributed by atoms with Crippen LogP contribution in [0.15, 0.2) is 115 Å². The van der Waals surface area contributed by atoms with Crippen molar-refractivity contribution in [2.75, 3.05) is 13.2 Å². The highest BCUT2D eigenvalue weighted by Crippen LogP contribution is 2.22. The minimum Gasteiger partial charge on any atom is -0.489 e. The van der Waals surface area contributed by atoms with E-state index >= 15 is 0 Å². The van der Waals surface area contributed by atoms with Gasteiger partial charge in [0.15, 0.2) is 13.2 Å². The molecular formula is C30H27NO5. The van der Waals surface area contributed by atoms with E-state index in [1.165, 1.54) is 0 Å². The third-order valence-electron chi connectivity index (χ3n) is 5.36. The van der Waals surface area contributed by atoms with Crippen molar-refractivity contribution in [3.63, 3.8) is 0 Å². The van der Waals surface area contributed by atoms with Crippen LogP contribution in [-0.4, -0.2) is 25.1 Å². The summed E-state index contributed by atoms with van der Waals surface area (Å²) in [7, 11) is 0. The highest BCUT2D eigenvalue weighted by atomic mass is 16.6. The molecule has 6 heteroatoms. The monoisotopic (exact) mass is 481 g/mol. The lowest BCUT2D eigenvalue weighted by atomic mass is 9.99. The molecule has 36 heavy (non-hydrogen) atoms. The summed E-state index contributed by atoms with van der Waals surface area (Å²) in [6.07, 6.45) is 0. The lowest BCUT2D eigenvalue weighted by Gasteiger charge is -2.20. The van der Waals surface area contributed by atoms with Crippen molar-refractivity contribution >= 4 is 11.9 Å². The van der Waals surface area contributed by atoms with E-state index in [-0.39, 0.29) is 12.6 Å². The molecule has 0 aliphatic rings. The Labute approximate surface area is 210 Å². The Morgan fingerprint density at radius 1 is 0.611 bits per heavy atom. The molecule has 4 aromatic carbocycles. The van der Waals surface area contributed by atoms with Gasteiger partial charge in [0.2, 0.25) is 0 Å². The Bertz CT molecular complexity index is 1190. The third kappa shape index (κ3) is 7.46. The molecule has 1 N–H and O–H groups in total. The topological polar surface area (TPSA) is 73.9 Å². The molecule has 0 bridgehead atoms. The van der Waals surface area contributed by atoms with Gasteiger partial charge in [-0.1, -0.05) is 91.0 Å². The maximum atomic E-state index is 12.5. The van der Waals surface area contributed by atoms with Crippen molar-refractivity contribution in [2.24, 2.45) is 0 Å². The van der Waals surface area contributed by atoms with Crippen LogP contribution < -0.4 is 14.8 Å². The number of nitrogens with one attached hydrogen (secondary N) is 1. The lowest BCUT2D eigenvalue weighted by Crippen LogP contribution is -2.33. The average Bonchev–Trinajstić information content (AvgIpc) is 2.94. The molecule has 0 heterocycles. The van der Waals surface area contributed by atoms with Crippen LogP contribution in [0.25, 0.3) is 0 Å². The highest BCUT2D eigenvalue weighted by Gasteiger charge is 2.17. The van der Waals surface area contributed by atoms with Crippen LogP contribution in [0.1, 0.15) is 22.7 Å². The molecule has 0 radical (unpaired) electrons. The van der Waals surface area contributed by atoms with E-state index in [0.717, 1.165) is 16.7 Å². The van der Waals surface area contributed by atoms with Crippen molar-refractivity contribution in [3.05, 3.63) is 132 Å². The van der Waals surface area contributed by atoms with E-state index in [0.29, 0.717) is 18.1 Å². The van der Waals surface area contributed by atoms with Crippen LogP contribution >= 0.6 is 0 Å². The summed E-state index contributed by atoms with van der Waals surface area (Å²) in [6, 6.07) is 35.7. The van der Waals surface area contributed by atoms with Gasteiger partial charge < -0.3 is 19.5 Å². The average molecular weight is 482 g/mol. The van der Waals surface area contributed by atoms with Crippen molar-refractivity contribution in [2.45, 2.75) is 12.6 Å². The van der Waals surface area contributed by atoms with E-state index in [9.17, 15) is 9.59 Å². The molecule has 4 aromatic rings. The number of benzene rings is 4. The van der Waals surface area contributed by atoms with Crippen LogP contribution in [0.4, 0.5) is 0 Å². The van der Waals surface area contributed by atoms with Gasteiger partial charge in [-0.05, 0) is 41.0 Å². The normalized spacial score (nSPS) is 10.5. The summed E-state index contributed by atoms with van der Waals surface area (Å²) in [5.74, 6) is 0.153. The lowest BCUT2D eigenvalue weighted by molar-refractivity contribution is -0.150. The summed E-state index contributed by atoms with van der Waals surface area (Å²) < 4.78 is 16.3. The van der Waals surface area contributed by atoms with E-state index in [4.69, 9.17) is 14.2 Å². The summed E-state index contributed by atoms with van der Waals surface area (Å²) in [4.78, 5) is 24.7. The summed E-state index contributed by atoms with van der Waals surface area (Å²) in [5, 5.41) is 2.94. The Hall–Kier alpha value is -4.58. The zero-order valence-electron chi connectivity index (χ0n) is 19.7. The Morgan fingerprint density at radius 3 is 1.67 bits per heavy atom. The minimum absolute atomic E-state index is 0.307. The second-order valence-corrected chi connectivity index (χ2v) is 8.02. The van der Waals surface area contributed by atoms with Crippen LogP contribution in [0.2, 0.25) is 0 Å². The van der Waals surface area contributed by atoms with Crippen molar-refractivity contribution < 1.29 is 23.8 Å². The van der Waals surface area contributed by atoms with Gasteiger partial charge in [0, 0.05) is 0 Å². The second kappa shape index (κ2) is 12.8. The molecule has 1 amide bonds. The van der Waals surface area contributed by atoms with Gasteiger partial charge in [-0.15, -0.1) is 0 Å². The molecule has 0 unspecified atom stereocenters. The zero-order chi connectivity index (χ0) is 25.0. The van der Waals surface area contributed by atoms with Crippen molar-refractivity contribution in [1.82, 2.24) is 5.32 Å². The molecule has 0 atom stereocenters. The van der Waals surface area contributed by atoms with Gasteiger partial charge in [-0.2, -0.15) is 0 Å². The van der Waals surface area contributed by atoms with Crippen LogP contribution in [-0.2, 0) is 20.9 Å². The fourth-order valence-corrected chi connectivity index (χ4v) is 3.56. The number of esters is 1. The molecule has 0 saturated carbocycles. The smallest absolute Gasteiger partial charge is 0.344 e. The number of hydrogen-bond donors (Lipinski definition) is 1. The summed E-state index contributed by atoms with van der Waals surface area (Å²) >= 11 is 0. The predicted octanol–water partition coefficient (Wildman–Crippen LogP) is 5.09. The first-order chi connectivity index (χ1) is 17.7. The van der Waals surface area contributed by atoms with Gasteiger partial charge in [-0.3, -0.25) is 4.79 Å². The summed E-state index contributed by atoms with van der Waals surface area (Å²) in [5.41, 5.74) is 2.94. The van der Waals surface area contributed by atoms with Crippen molar-refractivity contribution in [1.29, 1.82) is 0 Å². The summed E-state index contributed by atoms with van der Waals surface area (Å²) in [6.45, 7) is -0.242. The van der Waals surface area contributed by atoms with Gasteiger partial charge in [0.1, 0.15) is 18.1 Å². The minimum atomic E-state index is -0.634. The highest BCUT2D eigenvalue weighted by molar-refractivity contribution is 5.81. The fraction of sp³-hybridized carbons (Fsp3) is 0.133. The molecule has 6 nitrogen and oxygen atoms in total. The van der Waals surface area contributed by atoms with E-state index in [2.05, 4.69) is 5.32 Å². The molecule has 182 valence electrons. The Morgan fingerprint density at radius 2 is 1.11 bits per heavy atom. The maximum Gasteiger partial charge on any atom is 0.344 e. The van der Waals surface area contributed by atoms with E-state index in [1.807, 2.05) is 91.0 Å². The predicted molar refractivity (Wildman–Crippen MR) is 137 cm³/mol. The molecule has 0 fully saturated rings. The first-order valence-electron chi connectivity index (χ1n) is 11.6. The molecule has 0 saturated heterocycles. The number of ether oxygens (including phenoxy) is 3. The quantitative estimate of drug-likeness (QED) is 0.302. The molecule has 0 aromatic heterocycles. The molecule has 4 rings (SSSR count).